The Labute approximate surface area is 151 Å². The number of hydrogen-bond donors (Lipinski definition) is 0. The second kappa shape index (κ2) is 6.77. The van der Waals surface area contributed by atoms with Gasteiger partial charge in [0.05, 0.1) is 24.6 Å². The fourth-order valence-electron chi connectivity index (χ4n) is 3.76. The number of likely N-dealkylation sites (tertiary alicyclic amines) is 1. The van der Waals surface area contributed by atoms with Gasteiger partial charge in [-0.3, -0.25) is 4.79 Å². The molecule has 0 radical (unpaired) electrons. The molecule has 0 aliphatic carbocycles. The molecule has 2 aromatic rings. The fraction of sp³-hybridized carbons (Fsp3) is 0.474. The van der Waals surface area contributed by atoms with Gasteiger partial charge in [0.25, 0.3) is 5.91 Å². The lowest BCUT2D eigenvalue weighted by atomic mass is 9.79. The molecule has 0 bridgehead atoms. The highest BCUT2D eigenvalue weighted by molar-refractivity contribution is 7.12. The summed E-state index contributed by atoms with van der Waals surface area (Å²) in [6.45, 7) is 4.77. The van der Waals surface area contributed by atoms with Crippen molar-refractivity contribution in [2.75, 3.05) is 26.3 Å². The van der Waals surface area contributed by atoms with Crippen LogP contribution in [-0.4, -0.2) is 47.7 Å². The van der Waals surface area contributed by atoms with Crippen LogP contribution in [0.2, 0.25) is 0 Å². The number of amides is 1. The number of thiophene rings is 1. The van der Waals surface area contributed by atoms with Crippen molar-refractivity contribution in [1.29, 1.82) is 0 Å². The molecule has 25 heavy (non-hydrogen) atoms. The van der Waals surface area contributed by atoms with E-state index in [0.29, 0.717) is 31.5 Å². The second-order valence-corrected chi connectivity index (χ2v) is 7.71. The number of carbonyl (C=O) groups is 1. The first kappa shape index (κ1) is 16.5. The molecule has 2 aliphatic rings. The smallest absolute Gasteiger partial charge is 0.264 e. The SMILES string of the molecule is Cc1ccsc1C(=O)N1CC2(C1)OCC[C@H]2CCOc1ccccn1. The van der Waals surface area contributed by atoms with E-state index in [1.807, 2.05) is 41.5 Å². The van der Waals surface area contributed by atoms with E-state index >= 15 is 0 Å². The normalized spacial score (nSPS) is 21.3. The maximum Gasteiger partial charge on any atom is 0.264 e. The predicted octanol–water partition coefficient (Wildman–Crippen LogP) is 3.15. The Kier molecular flexibility index (Phi) is 4.48. The Balaban J connectivity index is 1.32. The third-order valence-corrected chi connectivity index (χ3v) is 6.22. The van der Waals surface area contributed by atoms with Crippen LogP contribution in [0, 0.1) is 12.8 Å². The van der Waals surface area contributed by atoms with Crippen molar-refractivity contribution in [2.45, 2.75) is 25.4 Å². The van der Waals surface area contributed by atoms with Gasteiger partial charge in [-0.15, -0.1) is 11.3 Å². The summed E-state index contributed by atoms with van der Waals surface area (Å²) in [5.74, 6) is 1.23. The van der Waals surface area contributed by atoms with Gasteiger partial charge in [0.2, 0.25) is 5.88 Å². The minimum Gasteiger partial charge on any atom is -0.478 e. The predicted molar refractivity (Wildman–Crippen MR) is 96.1 cm³/mol. The minimum atomic E-state index is -0.172. The number of rotatable bonds is 5. The molecule has 0 unspecified atom stereocenters. The molecular formula is C19H22N2O3S. The Hall–Kier alpha value is -1.92. The lowest BCUT2D eigenvalue weighted by molar-refractivity contribution is -0.119. The Bertz CT molecular complexity index is 740. The van der Waals surface area contributed by atoms with Gasteiger partial charge in [-0.1, -0.05) is 6.07 Å². The largest absolute Gasteiger partial charge is 0.478 e. The lowest BCUT2D eigenvalue weighted by Crippen LogP contribution is -2.66. The first-order chi connectivity index (χ1) is 12.2. The Morgan fingerprint density at radius 1 is 1.44 bits per heavy atom. The monoisotopic (exact) mass is 358 g/mol. The number of pyridine rings is 1. The molecule has 5 nitrogen and oxygen atoms in total. The van der Waals surface area contributed by atoms with E-state index in [0.717, 1.165) is 29.9 Å². The summed E-state index contributed by atoms with van der Waals surface area (Å²) in [4.78, 5) is 19.5. The highest BCUT2D eigenvalue weighted by Gasteiger charge is 2.54. The van der Waals surface area contributed by atoms with E-state index in [1.54, 1.807) is 6.20 Å². The molecular weight excluding hydrogens is 336 g/mol. The van der Waals surface area contributed by atoms with Crippen molar-refractivity contribution in [3.05, 3.63) is 46.3 Å². The molecule has 0 saturated carbocycles. The molecule has 1 atom stereocenters. The summed E-state index contributed by atoms with van der Waals surface area (Å²) in [5.41, 5.74) is 0.887. The molecule has 2 fully saturated rings. The lowest BCUT2D eigenvalue weighted by Gasteiger charge is -2.50. The maximum atomic E-state index is 12.6. The third-order valence-electron chi connectivity index (χ3n) is 5.21. The molecule has 1 spiro atoms. The van der Waals surface area contributed by atoms with E-state index in [2.05, 4.69) is 4.98 Å². The first-order valence-electron chi connectivity index (χ1n) is 8.69. The summed E-state index contributed by atoms with van der Waals surface area (Å²) >= 11 is 1.52. The Morgan fingerprint density at radius 3 is 3.04 bits per heavy atom. The number of nitrogens with zero attached hydrogens (tertiary/aromatic N) is 2. The van der Waals surface area contributed by atoms with Gasteiger partial charge in [-0.05, 0) is 48.8 Å². The van der Waals surface area contributed by atoms with Gasteiger partial charge in [-0.2, -0.15) is 0 Å². The molecule has 2 aromatic heterocycles. The maximum absolute atomic E-state index is 12.6. The quantitative estimate of drug-likeness (QED) is 0.824. The fourth-order valence-corrected chi connectivity index (χ4v) is 4.65. The van der Waals surface area contributed by atoms with Gasteiger partial charge in [0.15, 0.2) is 0 Å². The number of aryl methyl sites for hydroxylation is 1. The molecule has 1 amide bonds. The van der Waals surface area contributed by atoms with Crippen molar-refractivity contribution in [3.8, 4) is 5.88 Å². The van der Waals surface area contributed by atoms with Gasteiger partial charge >= 0.3 is 0 Å². The zero-order valence-corrected chi connectivity index (χ0v) is 15.1. The molecule has 6 heteroatoms. The van der Waals surface area contributed by atoms with Crippen LogP contribution >= 0.6 is 11.3 Å². The number of aromatic nitrogens is 1. The van der Waals surface area contributed by atoms with Crippen molar-refractivity contribution in [3.63, 3.8) is 0 Å². The van der Waals surface area contributed by atoms with E-state index in [-0.39, 0.29) is 11.5 Å². The molecule has 0 aromatic carbocycles. The molecule has 4 rings (SSSR count). The molecule has 0 N–H and O–H groups in total. The van der Waals surface area contributed by atoms with Crippen molar-refractivity contribution >= 4 is 17.2 Å². The van der Waals surface area contributed by atoms with Crippen LogP contribution in [0.25, 0.3) is 0 Å². The first-order valence-corrected chi connectivity index (χ1v) is 9.57. The van der Waals surface area contributed by atoms with Crippen molar-refractivity contribution in [1.82, 2.24) is 9.88 Å². The van der Waals surface area contributed by atoms with Crippen LogP contribution < -0.4 is 4.74 Å². The van der Waals surface area contributed by atoms with Crippen molar-refractivity contribution in [2.24, 2.45) is 5.92 Å². The summed E-state index contributed by atoms with van der Waals surface area (Å²) in [6, 6.07) is 7.66. The van der Waals surface area contributed by atoms with E-state index in [9.17, 15) is 4.79 Å². The standard InChI is InChI=1S/C19H22N2O3S/c1-14-7-11-25-17(14)18(22)21-12-19(13-21)15(6-10-24-19)5-9-23-16-4-2-3-8-20-16/h2-4,7-8,11,15H,5-6,9-10,12-13H2,1H3/t15-/m1/s1. The van der Waals surface area contributed by atoms with Crippen LogP contribution in [0.5, 0.6) is 5.88 Å². The average Bonchev–Trinajstić information content (AvgIpc) is 3.20. The summed E-state index contributed by atoms with van der Waals surface area (Å²) < 4.78 is 11.8. The van der Waals surface area contributed by atoms with Crippen molar-refractivity contribution < 1.29 is 14.3 Å². The minimum absolute atomic E-state index is 0.136. The second-order valence-electron chi connectivity index (χ2n) is 6.80. The van der Waals surface area contributed by atoms with Crippen LogP contribution in [0.1, 0.15) is 28.1 Å². The highest BCUT2D eigenvalue weighted by Crippen LogP contribution is 2.42. The molecule has 2 aliphatic heterocycles. The van der Waals surface area contributed by atoms with Gasteiger partial charge in [0, 0.05) is 18.9 Å². The highest BCUT2D eigenvalue weighted by atomic mass is 32.1. The van der Waals surface area contributed by atoms with Gasteiger partial charge < -0.3 is 14.4 Å². The molecule has 132 valence electrons. The zero-order chi connectivity index (χ0) is 17.3. The topological polar surface area (TPSA) is 51.7 Å². The number of ether oxygens (including phenoxy) is 2. The summed E-state index contributed by atoms with van der Waals surface area (Å²) in [6.07, 6.45) is 3.69. The summed E-state index contributed by atoms with van der Waals surface area (Å²) in [7, 11) is 0. The van der Waals surface area contributed by atoms with E-state index in [1.165, 1.54) is 11.3 Å². The Morgan fingerprint density at radius 2 is 2.32 bits per heavy atom. The number of carbonyl (C=O) groups excluding carboxylic acids is 1. The molecule has 2 saturated heterocycles. The van der Waals surface area contributed by atoms with E-state index < -0.39 is 0 Å². The van der Waals surface area contributed by atoms with Gasteiger partial charge in [0.1, 0.15) is 5.60 Å². The summed E-state index contributed by atoms with van der Waals surface area (Å²) in [5, 5.41) is 1.97. The van der Waals surface area contributed by atoms with Gasteiger partial charge in [-0.25, -0.2) is 4.98 Å². The van der Waals surface area contributed by atoms with E-state index in [4.69, 9.17) is 9.47 Å². The van der Waals surface area contributed by atoms with Crippen LogP contribution in [0.3, 0.4) is 0 Å². The van der Waals surface area contributed by atoms with Crippen LogP contribution in [-0.2, 0) is 4.74 Å². The zero-order valence-electron chi connectivity index (χ0n) is 14.3. The molecule has 4 heterocycles. The number of hydrogen-bond acceptors (Lipinski definition) is 5. The van der Waals surface area contributed by atoms with Crippen LogP contribution in [0.4, 0.5) is 0 Å². The van der Waals surface area contributed by atoms with Crippen LogP contribution in [0.15, 0.2) is 35.8 Å². The third kappa shape index (κ3) is 3.16. The average molecular weight is 358 g/mol.